The number of aromatic nitrogens is 2. The Kier molecular flexibility index (Phi) is 6.60. The monoisotopic (exact) mass is 359 g/mol. The van der Waals surface area contributed by atoms with Crippen LogP contribution in [0.3, 0.4) is 0 Å². The van der Waals surface area contributed by atoms with E-state index in [2.05, 4.69) is 32.7 Å². The number of hydrogen-bond donors (Lipinski definition) is 3. The summed E-state index contributed by atoms with van der Waals surface area (Å²) in [5, 5.41) is 12.6. The first-order valence-electron chi connectivity index (χ1n) is 8.38. The Labute approximate surface area is 152 Å². The van der Waals surface area contributed by atoms with Crippen LogP contribution in [0.2, 0.25) is 0 Å². The Morgan fingerprint density at radius 3 is 2.31 bits per heavy atom. The van der Waals surface area contributed by atoms with E-state index in [4.69, 9.17) is 0 Å². The number of carbonyl (C=O) groups excluding carboxylic acids is 2. The molecule has 8 heteroatoms. The van der Waals surface area contributed by atoms with Gasteiger partial charge >= 0.3 is 12.1 Å². The average molecular weight is 359 g/mol. The molecule has 0 aliphatic heterocycles. The number of amides is 3. The summed E-state index contributed by atoms with van der Waals surface area (Å²) >= 11 is 0. The second-order valence-corrected chi connectivity index (χ2v) is 6.24. The maximum absolute atomic E-state index is 12.0. The number of methoxy groups -OCH3 is 1. The van der Waals surface area contributed by atoms with Crippen LogP contribution in [0.5, 0.6) is 0 Å². The number of nitrogens with zero attached hydrogens (tertiary/aromatic N) is 2. The summed E-state index contributed by atoms with van der Waals surface area (Å²) in [5.74, 6) is 0.241. The first-order valence-corrected chi connectivity index (χ1v) is 8.38. The third-order valence-electron chi connectivity index (χ3n) is 3.77. The molecular weight excluding hydrogens is 334 g/mol. The van der Waals surface area contributed by atoms with E-state index in [1.54, 1.807) is 24.3 Å². The Morgan fingerprint density at radius 1 is 1.15 bits per heavy atom. The molecule has 1 aromatic carbocycles. The number of aryl methyl sites for hydroxylation is 2. The highest BCUT2D eigenvalue weighted by molar-refractivity contribution is 5.90. The van der Waals surface area contributed by atoms with E-state index >= 15 is 0 Å². The molecule has 0 saturated heterocycles. The molecule has 0 saturated carbocycles. The zero-order valence-electron chi connectivity index (χ0n) is 15.5. The summed E-state index contributed by atoms with van der Waals surface area (Å²) in [7, 11) is 1.30. The van der Waals surface area contributed by atoms with Gasteiger partial charge in [-0.05, 0) is 50.1 Å². The molecule has 3 N–H and O–H groups in total. The molecule has 0 aliphatic rings. The van der Waals surface area contributed by atoms with E-state index in [0.29, 0.717) is 17.9 Å². The van der Waals surface area contributed by atoms with Crippen molar-refractivity contribution in [3.05, 3.63) is 41.7 Å². The quantitative estimate of drug-likeness (QED) is 0.738. The molecule has 1 aromatic heterocycles. The predicted octanol–water partition coefficient (Wildman–Crippen LogP) is 3.14. The molecule has 0 fully saturated rings. The minimum Gasteiger partial charge on any atom is -0.453 e. The standard InChI is InChI=1S/C18H25N5O3/c1-12(11-23-14(3)9-13(2)22-23)10-19-17(24)20-15-5-7-16(8-6-15)21-18(25)26-4/h5-9,12H,10-11H2,1-4H3,(H,21,25)(H2,19,20,24). The molecule has 3 amide bonds. The molecule has 0 spiro atoms. The molecule has 0 aliphatic carbocycles. The molecule has 2 aromatic rings. The van der Waals surface area contributed by atoms with E-state index in [9.17, 15) is 9.59 Å². The van der Waals surface area contributed by atoms with Gasteiger partial charge in [-0.3, -0.25) is 10.00 Å². The highest BCUT2D eigenvalue weighted by Gasteiger charge is 2.09. The summed E-state index contributed by atoms with van der Waals surface area (Å²) in [6.07, 6.45) is -0.542. The molecule has 1 heterocycles. The average Bonchev–Trinajstić information content (AvgIpc) is 2.92. The SMILES string of the molecule is COC(=O)Nc1ccc(NC(=O)NCC(C)Cn2nc(C)cc2C)cc1. The zero-order chi connectivity index (χ0) is 19.1. The number of anilines is 2. The fraction of sp³-hybridized carbons (Fsp3) is 0.389. The van der Waals surface area contributed by atoms with Crippen LogP contribution in [0.4, 0.5) is 21.0 Å². The van der Waals surface area contributed by atoms with E-state index < -0.39 is 6.09 Å². The van der Waals surface area contributed by atoms with Crippen molar-refractivity contribution in [3.63, 3.8) is 0 Å². The second-order valence-electron chi connectivity index (χ2n) is 6.24. The van der Waals surface area contributed by atoms with Crippen LogP contribution in [0.25, 0.3) is 0 Å². The fourth-order valence-corrected chi connectivity index (χ4v) is 2.47. The maximum atomic E-state index is 12.0. The van der Waals surface area contributed by atoms with Crippen molar-refractivity contribution in [2.45, 2.75) is 27.3 Å². The lowest BCUT2D eigenvalue weighted by Gasteiger charge is -2.14. The molecular formula is C18H25N5O3. The lowest BCUT2D eigenvalue weighted by molar-refractivity contribution is 0.187. The second kappa shape index (κ2) is 8.89. The minimum absolute atomic E-state index is 0.241. The van der Waals surface area contributed by atoms with E-state index in [0.717, 1.165) is 17.9 Å². The largest absolute Gasteiger partial charge is 0.453 e. The van der Waals surface area contributed by atoms with Gasteiger partial charge in [0.1, 0.15) is 0 Å². The number of carbonyl (C=O) groups is 2. The normalized spacial score (nSPS) is 11.5. The van der Waals surface area contributed by atoms with Gasteiger partial charge in [0.05, 0.1) is 12.8 Å². The van der Waals surface area contributed by atoms with Gasteiger partial charge in [-0.2, -0.15) is 5.10 Å². The first-order chi connectivity index (χ1) is 12.4. The van der Waals surface area contributed by atoms with Gasteiger partial charge in [0.2, 0.25) is 0 Å². The number of nitrogens with one attached hydrogen (secondary N) is 3. The zero-order valence-corrected chi connectivity index (χ0v) is 15.5. The molecule has 0 radical (unpaired) electrons. The first kappa shape index (κ1) is 19.3. The molecule has 140 valence electrons. The van der Waals surface area contributed by atoms with Crippen LogP contribution in [-0.2, 0) is 11.3 Å². The molecule has 1 unspecified atom stereocenters. The van der Waals surface area contributed by atoms with Gasteiger partial charge in [0.25, 0.3) is 0 Å². The van der Waals surface area contributed by atoms with Crippen molar-refractivity contribution in [1.82, 2.24) is 15.1 Å². The maximum Gasteiger partial charge on any atom is 0.411 e. The molecule has 2 rings (SSSR count). The molecule has 8 nitrogen and oxygen atoms in total. The summed E-state index contributed by atoms with van der Waals surface area (Å²) in [5.41, 5.74) is 3.32. The Morgan fingerprint density at radius 2 is 1.77 bits per heavy atom. The lowest BCUT2D eigenvalue weighted by Crippen LogP contribution is -2.33. The van der Waals surface area contributed by atoms with Crippen LogP contribution in [-0.4, -0.2) is 35.6 Å². The third kappa shape index (κ3) is 5.80. The van der Waals surface area contributed by atoms with Crippen molar-refractivity contribution in [2.75, 3.05) is 24.3 Å². The minimum atomic E-state index is -0.542. The van der Waals surface area contributed by atoms with Crippen molar-refractivity contribution in [1.29, 1.82) is 0 Å². The number of urea groups is 1. The predicted molar refractivity (Wildman–Crippen MR) is 100 cm³/mol. The number of hydrogen-bond acceptors (Lipinski definition) is 4. The summed E-state index contributed by atoms with van der Waals surface area (Å²) in [4.78, 5) is 23.1. The highest BCUT2D eigenvalue weighted by atomic mass is 16.5. The van der Waals surface area contributed by atoms with Gasteiger partial charge in [0.15, 0.2) is 0 Å². The van der Waals surface area contributed by atoms with Crippen LogP contribution in [0.1, 0.15) is 18.3 Å². The third-order valence-corrected chi connectivity index (χ3v) is 3.77. The van der Waals surface area contributed by atoms with Crippen LogP contribution in [0.15, 0.2) is 30.3 Å². The van der Waals surface area contributed by atoms with Gasteiger partial charge in [-0.1, -0.05) is 6.92 Å². The van der Waals surface area contributed by atoms with Gasteiger partial charge in [0, 0.05) is 30.2 Å². The van der Waals surface area contributed by atoms with Crippen molar-refractivity contribution in [3.8, 4) is 0 Å². The van der Waals surface area contributed by atoms with Gasteiger partial charge < -0.3 is 15.4 Å². The fourth-order valence-electron chi connectivity index (χ4n) is 2.47. The van der Waals surface area contributed by atoms with Crippen molar-refractivity contribution < 1.29 is 14.3 Å². The topological polar surface area (TPSA) is 97.3 Å². The van der Waals surface area contributed by atoms with Crippen LogP contribution in [0, 0.1) is 19.8 Å². The Hall–Kier alpha value is -3.03. The van der Waals surface area contributed by atoms with Gasteiger partial charge in [-0.15, -0.1) is 0 Å². The van der Waals surface area contributed by atoms with Crippen LogP contribution < -0.4 is 16.0 Å². The van der Waals surface area contributed by atoms with Crippen LogP contribution >= 0.6 is 0 Å². The highest BCUT2D eigenvalue weighted by Crippen LogP contribution is 2.13. The number of ether oxygens (including phenoxy) is 1. The Balaban J connectivity index is 1.77. The van der Waals surface area contributed by atoms with E-state index in [-0.39, 0.29) is 11.9 Å². The molecule has 26 heavy (non-hydrogen) atoms. The Bertz CT molecular complexity index is 755. The number of rotatable bonds is 6. The van der Waals surface area contributed by atoms with Crippen molar-refractivity contribution >= 4 is 23.5 Å². The van der Waals surface area contributed by atoms with E-state index in [1.165, 1.54) is 7.11 Å². The summed E-state index contributed by atoms with van der Waals surface area (Å²) < 4.78 is 6.47. The summed E-state index contributed by atoms with van der Waals surface area (Å²) in [6, 6.07) is 8.51. The smallest absolute Gasteiger partial charge is 0.411 e. The van der Waals surface area contributed by atoms with Crippen molar-refractivity contribution in [2.24, 2.45) is 5.92 Å². The summed E-state index contributed by atoms with van der Waals surface area (Å²) in [6.45, 7) is 7.32. The molecule has 1 atom stereocenters. The van der Waals surface area contributed by atoms with Gasteiger partial charge in [-0.25, -0.2) is 9.59 Å². The lowest BCUT2D eigenvalue weighted by atomic mass is 10.2. The number of benzene rings is 1. The van der Waals surface area contributed by atoms with E-state index in [1.807, 2.05) is 24.6 Å². The molecule has 0 bridgehead atoms.